The molecule has 0 aliphatic heterocycles. The summed E-state index contributed by atoms with van der Waals surface area (Å²) in [7, 11) is 1.59. The predicted molar refractivity (Wildman–Crippen MR) is 75.5 cm³/mol. The van der Waals surface area contributed by atoms with E-state index in [0.29, 0.717) is 16.7 Å². The molecular weight excluding hydrogens is 250 g/mol. The SMILES string of the molecule is COc1ccc(NC(N)=NCCC2CC2)cc1Cl. The van der Waals surface area contributed by atoms with Crippen LogP contribution in [0.1, 0.15) is 19.3 Å². The third kappa shape index (κ3) is 3.81. The normalized spacial score (nSPS) is 15.6. The molecule has 0 radical (unpaired) electrons. The van der Waals surface area contributed by atoms with Crippen LogP contribution in [0.25, 0.3) is 0 Å². The first-order valence-corrected chi connectivity index (χ1v) is 6.47. The van der Waals surface area contributed by atoms with E-state index < -0.39 is 0 Å². The molecule has 2 rings (SSSR count). The molecule has 18 heavy (non-hydrogen) atoms. The highest BCUT2D eigenvalue weighted by Gasteiger charge is 2.19. The lowest BCUT2D eigenvalue weighted by atomic mass is 10.3. The van der Waals surface area contributed by atoms with Gasteiger partial charge in [0, 0.05) is 12.2 Å². The second-order valence-electron chi connectivity index (χ2n) is 4.47. The molecule has 0 aromatic heterocycles. The molecule has 3 N–H and O–H groups in total. The number of benzene rings is 1. The van der Waals surface area contributed by atoms with E-state index in [1.807, 2.05) is 6.07 Å². The standard InChI is InChI=1S/C13H18ClN3O/c1-18-12-5-4-10(8-11(12)14)17-13(15)16-7-6-9-2-3-9/h4-5,8-9H,2-3,6-7H2,1H3,(H3,15,16,17). The summed E-state index contributed by atoms with van der Waals surface area (Å²) in [4.78, 5) is 4.28. The molecule has 0 spiro atoms. The average molecular weight is 268 g/mol. The van der Waals surface area contributed by atoms with E-state index in [0.717, 1.165) is 24.6 Å². The fraction of sp³-hybridized carbons (Fsp3) is 0.462. The van der Waals surface area contributed by atoms with Crippen LogP contribution in [-0.2, 0) is 0 Å². The van der Waals surface area contributed by atoms with E-state index in [2.05, 4.69) is 10.3 Å². The highest BCUT2D eigenvalue weighted by molar-refractivity contribution is 6.32. The molecule has 0 amide bonds. The number of rotatable bonds is 5. The van der Waals surface area contributed by atoms with Crippen molar-refractivity contribution in [2.75, 3.05) is 19.0 Å². The summed E-state index contributed by atoms with van der Waals surface area (Å²) >= 11 is 6.02. The molecule has 1 aliphatic carbocycles. The molecule has 4 nitrogen and oxygen atoms in total. The summed E-state index contributed by atoms with van der Waals surface area (Å²) < 4.78 is 5.08. The number of hydrogen-bond acceptors (Lipinski definition) is 2. The molecule has 1 fully saturated rings. The molecule has 0 heterocycles. The zero-order valence-corrected chi connectivity index (χ0v) is 11.2. The van der Waals surface area contributed by atoms with Crippen LogP contribution in [0.2, 0.25) is 5.02 Å². The number of methoxy groups -OCH3 is 1. The molecule has 1 saturated carbocycles. The first kappa shape index (κ1) is 13.0. The van der Waals surface area contributed by atoms with E-state index in [4.69, 9.17) is 22.1 Å². The quantitative estimate of drug-likeness (QED) is 0.637. The number of nitrogens with one attached hydrogen (secondary N) is 1. The number of guanidine groups is 1. The van der Waals surface area contributed by atoms with Crippen molar-refractivity contribution in [3.05, 3.63) is 23.2 Å². The molecule has 1 aliphatic rings. The maximum atomic E-state index is 6.02. The van der Waals surface area contributed by atoms with Gasteiger partial charge in [0.25, 0.3) is 0 Å². The third-order valence-corrected chi connectivity index (χ3v) is 3.24. The predicted octanol–water partition coefficient (Wildman–Crippen LogP) is 2.88. The molecule has 0 atom stereocenters. The van der Waals surface area contributed by atoms with Gasteiger partial charge in [-0.2, -0.15) is 0 Å². The number of ether oxygens (including phenoxy) is 1. The summed E-state index contributed by atoms with van der Waals surface area (Å²) in [6, 6.07) is 5.42. The Morgan fingerprint density at radius 2 is 2.33 bits per heavy atom. The molecule has 0 bridgehead atoms. The number of halogens is 1. The Morgan fingerprint density at radius 3 is 2.94 bits per heavy atom. The third-order valence-electron chi connectivity index (χ3n) is 2.94. The van der Waals surface area contributed by atoms with Crippen molar-refractivity contribution in [2.45, 2.75) is 19.3 Å². The van der Waals surface area contributed by atoms with Crippen molar-refractivity contribution in [1.82, 2.24) is 0 Å². The van der Waals surface area contributed by atoms with Crippen LogP contribution >= 0.6 is 11.6 Å². The van der Waals surface area contributed by atoms with Crippen molar-refractivity contribution in [3.8, 4) is 5.75 Å². The van der Waals surface area contributed by atoms with Gasteiger partial charge in [0.1, 0.15) is 5.75 Å². The Bertz CT molecular complexity index is 444. The van der Waals surface area contributed by atoms with E-state index in [1.54, 1.807) is 19.2 Å². The lowest BCUT2D eigenvalue weighted by molar-refractivity contribution is 0.415. The zero-order valence-electron chi connectivity index (χ0n) is 10.4. The van der Waals surface area contributed by atoms with E-state index in [9.17, 15) is 0 Å². The largest absolute Gasteiger partial charge is 0.495 e. The average Bonchev–Trinajstić information content (AvgIpc) is 3.13. The first-order chi connectivity index (χ1) is 8.69. The van der Waals surface area contributed by atoms with Crippen LogP contribution in [0.5, 0.6) is 5.75 Å². The van der Waals surface area contributed by atoms with Crippen LogP contribution in [-0.4, -0.2) is 19.6 Å². The van der Waals surface area contributed by atoms with Crippen molar-refractivity contribution >= 4 is 23.2 Å². The van der Waals surface area contributed by atoms with Gasteiger partial charge in [-0.15, -0.1) is 0 Å². The van der Waals surface area contributed by atoms with Gasteiger partial charge in [0.2, 0.25) is 0 Å². The number of hydrogen-bond donors (Lipinski definition) is 2. The maximum absolute atomic E-state index is 6.02. The maximum Gasteiger partial charge on any atom is 0.193 e. The highest BCUT2D eigenvalue weighted by Crippen LogP contribution is 2.32. The summed E-state index contributed by atoms with van der Waals surface area (Å²) in [6.07, 6.45) is 3.82. The minimum absolute atomic E-state index is 0.428. The van der Waals surface area contributed by atoms with Gasteiger partial charge in [-0.25, -0.2) is 0 Å². The van der Waals surface area contributed by atoms with Gasteiger partial charge >= 0.3 is 0 Å². The fourth-order valence-corrected chi connectivity index (χ4v) is 1.96. The Balaban J connectivity index is 1.88. The van der Waals surface area contributed by atoms with E-state index in [1.165, 1.54) is 12.8 Å². The monoisotopic (exact) mass is 267 g/mol. The number of anilines is 1. The topological polar surface area (TPSA) is 59.6 Å². The number of nitrogens with two attached hydrogens (primary N) is 1. The molecule has 1 aromatic rings. The van der Waals surface area contributed by atoms with Gasteiger partial charge in [0.15, 0.2) is 5.96 Å². The summed E-state index contributed by atoms with van der Waals surface area (Å²) in [5.74, 6) is 1.94. The minimum atomic E-state index is 0.428. The smallest absolute Gasteiger partial charge is 0.193 e. The minimum Gasteiger partial charge on any atom is -0.495 e. The molecule has 1 aromatic carbocycles. The van der Waals surface area contributed by atoms with Crippen molar-refractivity contribution in [2.24, 2.45) is 16.6 Å². The van der Waals surface area contributed by atoms with Gasteiger partial charge in [-0.05, 0) is 30.5 Å². The van der Waals surface area contributed by atoms with Crippen LogP contribution < -0.4 is 15.8 Å². The Kier molecular flexibility index (Phi) is 4.31. The number of aliphatic imine (C=N–C) groups is 1. The number of nitrogens with zero attached hydrogens (tertiary/aromatic N) is 1. The Hall–Kier alpha value is -1.42. The summed E-state index contributed by atoms with van der Waals surface area (Å²) in [5.41, 5.74) is 6.61. The van der Waals surface area contributed by atoms with Crippen LogP contribution in [0, 0.1) is 5.92 Å². The lowest BCUT2D eigenvalue weighted by Crippen LogP contribution is -2.22. The second kappa shape index (κ2) is 5.96. The van der Waals surface area contributed by atoms with Crippen LogP contribution in [0.3, 0.4) is 0 Å². The summed E-state index contributed by atoms with van der Waals surface area (Å²) in [6.45, 7) is 0.785. The van der Waals surface area contributed by atoms with Gasteiger partial charge < -0.3 is 15.8 Å². The lowest BCUT2D eigenvalue weighted by Gasteiger charge is -2.08. The van der Waals surface area contributed by atoms with Crippen LogP contribution in [0.4, 0.5) is 5.69 Å². The molecule has 5 heteroatoms. The molecule has 0 unspecified atom stereocenters. The summed E-state index contributed by atoms with van der Waals surface area (Å²) in [5, 5.41) is 3.57. The first-order valence-electron chi connectivity index (χ1n) is 6.09. The van der Waals surface area contributed by atoms with Gasteiger partial charge in [0.05, 0.1) is 12.1 Å². The molecule has 0 saturated heterocycles. The van der Waals surface area contributed by atoms with E-state index >= 15 is 0 Å². The zero-order chi connectivity index (χ0) is 13.0. The fourth-order valence-electron chi connectivity index (χ4n) is 1.71. The van der Waals surface area contributed by atoms with Crippen LogP contribution in [0.15, 0.2) is 23.2 Å². The van der Waals surface area contributed by atoms with Crippen molar-refractivity contribution < 1.29 is 4.74 Å². The second-order valence-corrected chi connectivity index (χ2v) is 4.88. The van der Waals surface area contributed by atoms with Gasteiger partial charge in [-0.3, -0.25) is 4.99 Å². The Labute approximate surface area is 112 Å². The Morgan fingerprint density at radius 1 is 1.56 bits per heavy atom. The molecule has 98 valence electrons. The highest BCUT2D eigenvalue weighted by atomic mass is 35.5. The van der Waals surface area contributed by atoms with E-state index in [-0.39, 0.29) is 0 Å². The van der Waals surface area contributed by atoms with Crippen molar-refractivity contribution in [1.29, 1.82) is 0 Å². The van der Waals surface area contributed by atoms with Gasteiger partial charge in [-0.1, -0.05) is 24.4 Å². The molecular formula is C13H18ClN3O. The van der Waals surface area contributed by atoms with Crippen molar-refractivity contribution in [3.63, 3.8) is 0 Å².